The molecule has 3 aromatic rings. The second-order valence-electron chi connectivity index (χ2n) is 11.4. The first-order chi connectivity index (χ1) is 21.2. The van der Waals surface area contributed by atoms with Crippen LogP contribution in [0.2, 0.25) is 0 Å². The third-order valence-corrected chi connectivity index (χ3v) is 7.77. The predicted molar refractivity (Wildman–Crippen MR) is 182 cm³/mol. The molecule has 6 heteroatoms. The van der Waals surface area contributed by atoms with Gasteiger partial charge in [-0.25, -0.2) is 0 Å². The Hall–Kier alpha value is -4.84. The highest BCUT2D eigenvalue weighted by atomic mass is 16.5. The quantitative estimate of drug-likeness (QED) is 0.198. The van der Waals surface area contributed by atoms with Crippen molar-refractivity contribution in [1.82, 2.24) is 0 Å². The highest BCUT2D eigenvalue weighted by molar-refractivity contribution is 5.54. The van der Waals surface area contributed by atoms with Crippen LogP contribution in [0.3, 0.4) is 0 Å². The van der Waals surface area contributed by atoms with Crippen LogP contribution < -0.4 is 19.3 Å². The van der Waals surface area contributed by atoms with E-state index in [1.54, 1.807) is 24.3 Å². The van der Waals surface area contributed by atoms with E-state index >= 15 is 0 Å². The fraction of sp³-hybridized carbons (Fsp3) is 0.263. The first-order valence-corrected chi connectivity index (χ1v) is 14.8. The molecule has 230 valence electrons. The van der Waals surface area contributed by atoms with Crippen LogP contribution in [0, 0.1) is 0 Å². The third kappa shape index (κ3) is 7.75. The number of fused-ring (bicyclic) bond motifs is 1. The van der Waals surface area contributed by atoms with Gasteiger partial charge in [0.05, 0.1) is 0 Å². The summed E-state index contributed by atoms with van der Waals surface area (Å²) < 4.78 is 17.8. The van der Waals surface area contributed by atoms with Crippen molar-refractivity contribution in [2.24, 2.45) is 0 Å². The molecule has 0 atom stereocenters. The molecule has 0 unspecified atom stereocenters. The van der Waals surface area contributed by atoms with Gasteiger partial charge in [-0.3, -0.25) is 0 Å². The molecule has 2 aliphatic heterocycles. The Labute approximate surface area is 262 Å². The Morgan fingerprint density at radius 3 is 2.18 bits per heavy atom. The number of hydrogen-bond donors (Lipinski definition) is 1. The summed E-state index contributed by atoms with van der Waals surface area (Å²) in [5.41, 5.74) is 6.25. The molecule has 0 amide bonds. The van der Waals surface area contributed by atoms with E-state index in [0.717, 1.165) is 58.4 Å². The molecule has 2 heterocycles. The van der Waals surface area contributed by atoms with Crippen molar-refractivity contribution in [3.05, 3.63) is 139 Å². The van der Waals surface area contributed by atoms with Crippen molar-refractivity contribution in [3.8, 4) is 17.2 Å². The second kappa shape index (κ2) is 14.6. The van der Waals surface area contributed by atoms with Crippen LogP contribution in [-0.4, -0.2) is 31.7 Å². The van der Waals surface area contributed by atoms with Gasteiger partial charge in [0, 0.05) is 35.4 Å². The molecule has 5 rings (SSSR count). The van der Waals surface area contributed by atoms with Gasteiger partial charge in [-0.1, -0.05) is 51.3 Å². The molecule has 0 fully saturated rings. The minimum atomic E-state index is -0.295. The summed E-state index contributed by atoms with van der Waals surface area (Å²) >= 11 is 0. The number of anilines is 2. The summed E-state index contributed by atoms with van der Waals surface area (Å²) in [6, 6.07) is 21.6. The summed E-state index contributed by atoms with van der Waals surface area (Å²) in [7, 11) is 0. The maximum atomic E-state index is 9.64. The lowest BCUT2D eigenvalue weighted by atomic mass is 9.77. The number of phenolic OH excluding ortho intramolecular Hbond substituents is 1. The summed E-state index contributed by atoms with van der Waals surface area (Å²) in [5.74, 6) is 2.86. The van der Waals surface area contributed by atoms with Crippen molar-refractivity contribution in [3.63, 3.8) is 0 Å². The molecule has 2 aliphatic rings. The highest BCUT2D eigenvalue weighted by Crippen LogP contribution is 2.37. The number of phenols is 1. The van der Waals surface area contributed by atoms with E-state index in [1.165, 1.54) is 5.56 Å². The van der Waals surface area contributed by atoms with E-state index in [-0.39, 0.29) is 11.2 Å². The van der Waals surface area contributed by atoms with E-state index in [2.05, 4.69) is 74.6 Å². The highest BCUT2D eigenvalue weighted by Gasteiger charge is 2.26. The van der Waals surface area contributed by atoms with Crippen LogP contribution in [0.4, 0.5) is 11.4 Å². The molecule has 1 N–H and O–H groups in total. The average molecular weight is 593 g/mol. The number of ether oxygens (including phenoxy) is 3. The molecule has 0 radical (unpaired) electrons. The van der Waals surface area contributed by atoms with E-state index in [1.807, 2.05) is 49.4 Å². The van der Waals surface area contributed by atoms with Crippen LogP contribution >= 0.6 is 0 Å². The van der Waals surface area contributed by atoms with Gasteiger partial charge >= 0.3 is 0 Å². The minimum Gasteiger partial charge on any atom is -0.508 e. The summed E-state index contributed by atoms with van der Waals surface area (Å²) in [4.78, 5) is 4.34. The normalized spacial score (nSPS) is 14.5. The van der Waals surface area contributed by atoms with E-state index in [9.17, 15) is 5.11 Å². The maximum Gasteiger partial charge on any atom is 0.161 e. The molecular weight excluding hydrogens is 548 g/mol. The van der Waals surface area contributed by atoms with Crippen LogP contribution in [0.5, 0.6) is 17.2 Å². The van der Waals surface area contributed by atoms with Crippen molar-refractivity contribution < 1.29 is 19.3 Å². The smallest absolute Gasteiger partial charge is 0.161 e. The lowest BCUT2D eigenvalue weighted by Crippen LogP contribution is -2.32. The predicted octanol–water partition coefficient (Wildman–Crippen LogP) is 8.66. The maximum absolute atomic E-state index is 9.64. The lowest BCUT2D eigenvalue weighted by molar-refractivity contribution is 0.207. The van der Waals surface area contributed by atoms with Crippen molar-refractivity contribution in [1.29, 1.82) is 0 Å². The lowest BCUT2D eigenvalue weighted by Gasteiger charge is -2.33. The molecule has 44 heavy (non-hydrogen) atoms. The van der Waals surface area contributed by atoms with Gasteiger partial charge in [-0.15, -0.1) is 6.58 Å². The molecule has 0 saturated heterocycles. The van der Waals surface area contributed by atoms with Crippen molar-refractivity contribution in [2.75, 3.05) is 36.4 Å². The fourth-order valence-corrected chi connectivity index (χ4v) is 4.98. The molecule has 3 aromatic carbocycles. The molecule has 6 nitrogen and oxygen atoms in total. The van der Waals surface area contributed by atoms with Gasteiger partial charge in [-0.2, -0.15) is 0 Å². The fourth-order valence-electron chi connectivity index (χ4n) is 4.98. The van der Waals surface area contributed by atoms with Gasteiger partial charge in [-0.05, 0) is 97.3 Å². The van der Waals surface area contributed by atoms with Crippen LogP contribution in [0.1, 0.15) is 38.8 Å². The molecule has 0 saturated carbocycles. The first kappa shape index (κ1) is 32.1. The largest absolute Gasteiger partial charge is 0.508 e. The Bertz CT molecular complexity index is 1520. The second-order valence-corrected chi connectivity index (χ2v) is 11.4. The summed E-state index contributed by atoms with van der Waals surface area (Å²) in [6.45, 7) is 22.8. The number of nitrogens with zero attached hydrogens (tertiary/aromatic N) is 2. The SMILES string of the molecule is C=CC.C=CCOc1ccc(N2COC(/C=C\C(=C)C(C)(C)c3ccc4c(c3)CN(c3ccc(O)cc3)CO4)=C(C)C2)cc1. The van der Waals surface area contributed by atoms with Crippen molar-refractivity contribution >= 4 is 11.4 Å². The van der Waals surface area contributed by atoms with Crippen LogP contribution in [0.25, 0.3) is 0 Å². The third-order valence-electron chi connectivity index (χ3n) is 7.77. The molecule has 0 aliphatic carbocycles. The number of aromatic hydroxyl groups is 1. The van der Waals surface area contributed by atoms with Gasteiger partial charge < -0.3 is 29.1 Å². The Kier molecular flexibility index (Phi) is 10.6. The van der Waals surface area contributed by atoms with E-state index < -0.39 is 0 Å². The summed E-state index contributed by atoms with van der Waals surface area (Å²) in [6.07, 6.45) is 7.59. The zero-order valence-electron chi connectivity index (χ0n) is 26.4. The monoisotopic (exact) mass is 592 g/mol. The van der Waals surface area contributed by atoms with Crippen LogP contribution in [-0.2, 0) is 16.7 Å². The Morgan fingerprint density at radius 2 is 1.55 bits per heavy atom. The Morgan fingerprint density at radius 1 is 0.932 bits per heavy atom. The standard InChI is InChI=1S/C35H38N2O4.C3H6/c1-6-19-39-32-15-11-30(12-16-32)36-21-25(2)33(40-23-36)17-7-26(3)35(4,5)28-8-18-34-27(20-28)22-37(24-41-34)29-9-13-31(38)14-10-29;1-3-2/h6-18,20,38H,1,3,19,21-24H2,2,4-5H3;3H,1H2,2H3/b17-7-;. The topological polar surface area (TPSA) is 54.4 Å². The van der Waals surface area contributed by atoms with E-state index in [4.69, 9.17) is 14.2 Å². The average Bonchev–Trinajstić information content (AvgIpc) is 3.03. The number of benzene rings is 3. The zero-order valence-corrected chi connectivity index (χ0v) is 26.4. The van der Waals surface area contributed by atoms with Gasteiger partial charge in [0.1, 0.15) is 29.6 Å². The van der Waals surface area contributed by atoms with Crippen molar-refractivity contribution in [2.45, 2.75) is 39.7 Å². The minimum absolute atomic E-state index is 0.255. The van der Waals surface area contributed by atoms with Gasteiger partial charge in [0.15, 0.2) is 13.5 Å². The summed E-state index contributed by atoms with van der Waals surface area (Å²) in [5, 5.41) is 9.64. The number of rotatable bonds is 9. The van der Waals surface area contributed by atoms with Gasteiger partial charge in [0.25, 0.3) is 0 Å². The van der Waals surface area contributed by atoms with Gasteiger partial charge in [0.2, 0.25) is 0 Å². The molecular formula is C38H44N2O4. The number of hydrogen-bond acceptors (Lipinski definition) is 6. The first-order valence-electron chi connectivity index (χ1n) is 14.8. The molecule has 0 spiro atoms. The van der Waals surface area contributed by atoms with E-state index in [0.29, 0.717) is 20.1 Å². The Balaban J connectivity index is 0.00000141. The van der Waals surface area contributed by atoms with Crippen LogP contribution in [0.15, 0.2) is 128 Å². The molecule has 0 bridgehead atoms. The zero-order chi connectivity index (χ0) is 31.7. The molecule has 0 aromatic heterocycles. The number of allylic oxidation sites excluding steroid dienone is 4.